The van der Waals surface area contributed by atoms with Crippen LogP contribution in [-0.4, -0.2) is 68.3 Å². The lowest BCUT2D eigenvalue weighted by atomic mass is 9.72. The van der Waals surface area contributed by atoms with E-state index in [1.54, 1.807) is 0 Å². The van der Waals surface area contributed by atoms with Crippen LogP contribution in [0.25, 0.3) is 0 Å². The van der Waals surface area contributed by atoms with Crippen LogP contribution >= 0.6 is 0 Å². The zero-order valence-corrected chi connectivity index (χ0v) is 25.0. The summed E-state index contributed by atoms with van der Waals surface area (Å²) >= 11 is 0. The van der Waals surface area contributed by atoms with Gasteiger partial charge in [-0.3, -0.25) is 9.59 Å². The molecule has 0 aromatic heterocycles. The molecule has 9 heteroatoms. The molecule has 5 atom stereocenters. The number of ether oxygens (including phenoxy) is 1. The van der Waals surface area contributed by atoms with E-state index in [0.29, 0.717) is 30.9 Å². The Bertz CT molecular complexity index is 1280. The quantitative estimate of drug-likeness (QED) is 0.247. The molecule has 0 radical (unpaired) electrons. The number of amides is 2. The van der Waals surface area contributed by atoms with Crippen LogP contribution in [0.4, 0.5) is 0 Å². The van der Waals surface area contributed by atoms with E-state index in [1.165, 1.54) is 23.1 Å². The summed E-state index contributed by atoms with van der Waals surface area (Å²) in [6.45, 7) is 8.82. The number of carbonyl (C=O) groups excluding carboxylic acids is 3. The molecule has 1 aliphatic heterocycles. The van der Waals surface area contributed by atoms with Gasteiger partial charge in [0.1, 0.15) is 23.8 Å². The predicted molar refractivity (Wildman–Crippen MR) is 158 cm³/mol. The molecular formula is C33H44N2O7. The lowest BCUT2D eigenvalue weighted by Gasteiger charge is -2.42. The van der Waals surface area contributed by atoms with Gasteiger partial charge in [-0.1, -0.05) is 63.6 Å². The van der Waals surface area contributed by atoms with Crippen molar-refractivity contribution in [3.05, 3.63) is 59.7 Å². The van der Waals surface area contributed by atoms with Gasteiger partial charge in [0.25, 0.3) is 0 Å². The van der Waals surface area contributed by atoms with Gasteiger partial charge in [0.15, 0.2) is 11.5 Å². The third kappa shape index (κ3) is 6.56. The number of hydrogen-bond donors (Lipinski definition) is 4. The Balaban J connectivity index is 1.50. The molecule has 1 saturated heterocycles. The number of esters is 1. The first-order valence-corrected chi connectivity index (χ1v) is 14.9. The van der Waals surface area contributed by atoms with E-state index in [2.05, 4.69) is 26.1 Å². The van der Waals surface area contributed by atoms with Gasteiger partial charge in [0, 0.05) is 24.8 Å². The second-order valence-electron chi connectivity index (χ2n) is 12.5. The molecule has 1 saturated carbocycles. The van der Waals surface area contributed by atoms with Gasteiger partial charge < -0.3 is 30.3 Å². The van der Waals surface area contributed by atoms with Crippen molar-refractivity contribution in [2.24, 2.45) is 11.3 Å². The number of aliphatic hydroxyl groups is 1. The van der Waals surface area contributed by atoms with E-state index >= 15 is 0 Å². The molecule has 0 spiro atoms. The van der Waals surface area contributed by atoms with E-state index in [0.717, 1.165) is 24.8 Å². The van der Waals surface area contributed by atoms with Gasteiger partial charge in [-0.05, 0) is 61.8 Å². The van der Waals surface area contributed by atoms with E-state index in [-0.39, 0.29) is 29.8 Å². The number of phenolic OH excluding ortho intramolecular Hbond substituents is 2. The first-order valence-electron chi connectivity index (χ1n) is 14.9. The van der Waals surface area contributed by atoms with Crippen LogP contribution in [0, 0.1) is 11.3 Å². The lowest BCUT2D eigenvalue weighted by molar-refractivity contribution is -0.176. The zero-order chi connectivity index (χ0) is 30.7. The summed E-state index contributed by atoms with van der Waals surface area (Å²) < 4.78 is 6.21. The molecule has 2 aromatic carbocycles. The average Bonchev–Trinajstić information content (AvgIpc) is 3.53. The molecule has 0 bridgehead atoms. The third-order valence-electron chi connectivity index (χ3n) is 9.65. The summed E-state index contributed by atoms with van der Waals surface area (Å²) in [5.74, 6) is -1.78. The van der Waals surface area contributed by atoms with Crippen molar-refractivity contribution in [3.63, 3.8) is 0 Å². The fourth-order valence-corrected chi connectivity index (χ4v) is 6.56. The van der Waals surface area contributed by atoms with Crippen LogP contribution in [0.2, 0.25) is 0 Å². The zero-order valence-electron chi connectivity index (χ0n) is 25.0. The van der Waals surface area contributed by atoms with E-state index in [9.17, 15) is 29.7 Å². The van der Waals surface area contributed by atoms with Crippen molar-refractivity contribution in [2.45, 2.75) is 96.4 Å². The van der Waals surface area contributed by atoms with Crippen molar-refractivity contribution in [1.82, 2.24) is 10.2 Å². The number of likely N-dealkylation sites (tertiary alicyclic amines) is 1. The summed E-state index contributed by atoms with van der Waals surface area (Å²) in [7, 11) is 0. The van der Waals surface area contributed by atoms with Crippen LogP contribution < -0.4 is 5.32 Å². The Hall–Kier alpha value is -3.59. The minimum Gasteiger partial charge on any atom is -0.504 e. The number of nitrogens with zero attached hydrogens (tertiary/aromatic N) is 1. The highest BCUT2D eigenvalue weighted by atomic mass is 16.6. The Labute approximate surface area is 247 Å². The molecule has 2 amide bonds. The molecule has 228 valence electrons. The standard InChI is InChI=1S/C33H44N2O7/c1-5-23-15-16-33(4,32(23,2)3)42-31(41)25-12-9-17-35(25)30(40)24(18-21-10-7-6-8-11-21)34-29(39)28(38)20-22-13-14-26(36)27(37)19-22/h6-8,10-11,13-14,19,23-25,28,36-38H,5,9,12,15-18,20H2,1-4H3,(H,34,39)/t23-,24?,25?,28?,33?/m1/s1. The Morgan fingerprint density at radius 3 is 2.36 bits per heavy atom. The largest absolute Gasteiger partial charge is 0.504 e. The number of aromatic hydroxyl groups is 2. The lowest BCUT2D eigenvalue weighted by Crippen LogP contribution is -2.55. The van der Waals surface area contributed by atoms with E-state index in [4.69, 9.17) is 4.74 Å². The van der Waals surface area contributed by atoms with Crippen LogP contribution in [0.1, 0.15) is 70.9 Å². The van der Waals surface area contributed by atoms with Gasteiger partial charge in [-0.2, -0.15) is 0 Å². The number of hydrogen-bond acceptors (Lipinski definition) is 7. The number of nitrogens with one attached hydrogen (secondary N) is 1. The molecule has 2 fully saturated rings. The molecule has 9 nitrogen and oxygen atoms in total. The monoisotopic (exact) mass is 580 g/mol. The van der Waals surface area contributed by atoms with Crippen molar-refractivity contribution in [3.8, 4) is 11.5 Å². The summed E-state index contributed by atoms with van der Waals surface area (Å²) in [5, 5.41) is 32.7. The maximum atomic E-state index is 14.0. The summed E-state index contributed by atoms with van der Waals surface area (Å²) in [4.78, 5) is 42.2. The number of aliphatic hydroxyl groups excluding tert-OH is 1. The second-order valence-corrected chi connectivity index (χ2v) is 12.5. The SMILES string of the molecule is CC[C@@H]1CCC(C)(OC(=O)C2CCCN2C(=O)C(Cc2ccccc2)NC(=O)C(O)Cc2ccc(O)c(O)c2)C1(C)C. The number of rotatable bonds is 10. The number of carbonyl (C=O) groups is 3. The molecule has 42 heavy (non-hydrogen) atoms. The second kappa shape index (κ2) is 12.7. The van der Waals surface area contributed by atoms with Crippen molar-refractivity contribution in [2.75, 3.05) is 6.54 Å². The molecule has 2 aromatic rings. The normalized spacial score (nSPS) is 24.6. The molecule has 4 rings (SSSR count). The van der Waals surface area contributed by atoms with Gasteiger partial charge in [0.2, 0.25) is 11.8 Å². The third-order valence-corrected chi connectivity index (χ3v) is 9.65. The highest BCUT2D eigenvalue weighted by Gasteiger charge is 2.54. The molecule has 4 N–H and O–H groups in total. The first-order chi connectivity index (χ1) is 19.9. The summed E-state index contributed by atoms with van der Waals surface area (Å²) in [5.41, 5.74) is 0.430. The topological polar surface area (TPSA) is 136 Å². The van der Waals surface area contributed by atoms with Crippen molar-refractivity contribution in [1.29, 1.82) is 0 Å². The Morgan fingerprint density at radius 1 is 1.00 bits per heavy atom. The molecule has 1 aliphatic carbocycles. The van der Waals surface area contributed by atoms with Gasteiger partial charge in [0.05, 0.1) is 0 Å². The van der Waals surface area contributed by atoms with Crippen LogP contribution in [0.5, 0.6) is 11.5 Å². The van der Waals surface area contributed by atoms with Crippen LogP contribution in [0.3, 0.4) is 0 Å². The van der Waals surface area contributed by atoms with Gasteiger partial charge in [-0.15, -0.1) is 0 Å². The number of benzene rings is 2. The predicted octanol–water partition coefficient (Wildman–Crippen LogP) is 3.87. The molecule has 1 heterocycles. The average molecular weight is 581 g/mol. The minimum atomic E-state index is -1.50. The number of phenols is 2. The maximum Gasteiger partial charge on any atom is 0.329 e. The molecule has 4 unspecified atom stereocenters. The highest BCUT2D eigenvalue weighted by Crippen LogP contribution is 2.53. The van der Waals surface area contributed by atoms with E-state index in [1.807, 2.05) is 37.3 Å². The van der Waals surface area contributed by atoms with Crippen LogP contribution in [0.15, 0.2) is 48.5 Å². The highest BCUT2D eigenvalue weighted by molar-refractivity contribution is 5.92. The van der Waals surface area contributed by atoms with Gasteiger partial charge in [-0.25, -0.2) is 4.79 Å². The minimum absolute atomic E-state index is 0.127. The maximum absolute atomic E-state index is 14.0. The Morgan fingerprint density at radius 2 is 1.71 bits per heavy atom. The molecular weight excluding hydrogens is 536 g/mol. The molecule has 2 aliphatic rings. The van der Waals surface area contributed by atoms with Crippen LogP contribution in [-0.2, 0) is 32.0 Å². The smallest absolute Gasteiger partial charge is 0.329 e. The fraction of sp³-hybridized carbons (Fsp3) is 0.545. The summed E-state index contributed by atoms with van der Waals surface area (Å²) in [6.07, 6.45) is 2.44. The Kier molecular flexibility index (Phi) is 9.50. The van der Waals surface area contributed by atoms with Gasteiger partial charge >= 0.3 is 5.97 Å². The first kappa shape index (κ1) is 31.3. The van der Waals surface area contributed by atoms with E-state index < -0.39 is 41.6 Å². The fourth-order valence-electron chi connectivity index (χ4n) is 6.56. The summed E-state index contributed by atoms with van der Waals surface area (Å²) in [6, 6.07) is 11.5. The van der Waals surface area contributed by atoms with Crippen molar-refractivity contribution >= 4 is 17.8 Å². The van der Waals surface area contributed by atoms with Crippen molar-refractivity contribution < 1.29 is 34.4 Å².